The van der Waals surface area contributed by atoms with E-state index in [9.17, 15) is 0 Å². The van der Waals surface area contributed by atoms with Crippen molar-refractivity contribution in [3.63, 3.8) is 0 Å². The Morgan fingerprint density at radius 1 is 1.05 bits per heavy atom. The summed E-state index contributed by atoms with van der Waals surface area (Å²) in [7, 11) is 2.03. The summed E-state index contributed by atoms with van der Waals surface area (Å²) in [6.07, 6.45) is 0. The van der Waals surface area contributed by atoms with Crippen molar-refractivity contribution in [2.24, 2.45) is 11.8 Å². The van der Waals surface area contributed by atoms with Crippen molar-refractivity contribution in [3.8, 4) is 0 Å². The molecule has 2 heteroatoms. The van der Waals surface area contributed by atoms with Crippen LogP contribution in [0.5, 0.6) is 0 Å². The molecule has 0 saturated heterocycles. The van der Waals surface area contributed by atoms with Gasteiger partial charge in [0.25, 0.3) is 0 Å². The van der Waals surface area contributed by atoms with E-state index in [0.29, 0.717) is 11.8 Å². The molecule has 1 unspecified atom stereocenters. The molecular formula is C17H30N2. The van der Waals surface area contributed by atoms with E-state index in [-0.39, 0.29) is 5.41 Å². The van der Waals surface area contributed by atoms with E-state index in [1.54, 1.807) is 0 Å². The molecule has 0 aromatic heterocycles. The maximum absolute atomic E-state index is 3.65. The molecule has 2 nitrogen and oxygen atoms in total. The van der Waals surface area contributed by atoms with Gasteiger partial charge in [0.15, 0.2) is 0 Å². The van der Waals surface area contributed by atoms with Crippen molar-refractivity contribution in [1.82, 2.24) is 5.32 Å². The lowest BCUT2D eigenvalue weighted by molar-refractivity contribution is 0.390. The molecule has 1 aromatic rings. The Labute approximate surface area is 119 Å². The van der Waals surface area contributed by atoms with Gasteiger partial charge >= 0.3 is 0 Å². The van der Waals surface area contributed by atoms with Gasteiger partial charge in [-0.2, -0.15) is 0 Å². The van der Waals surface area contributed by atoms with Gasteiger partial charge in [-0.3, -0.25) is 0 Å². The average molecular weight is 262 g/mol. The van der Waals surface area contributed by atoms with Crippen molar-refractivity contribution in [2.45, 2.75) is 40.0 Å². The molecule has 0 fully saturated rings. The second-order valence-electron chi connectivity index (χ2n) is 6.74. The van der Waals surface area contributed by atoms with Crippen LogP contribution >= 0.6 is 0 Å². The Kier molecular flexibility index (Phi) is 5.86. The van der Waals surface area contributed by atoms with Crippen LogP contribution in [0.25, 0.3) is 0 Å². The summed E-state index contributed by atoms with van der Waals surface area (Å²) in [5, 5.41) is 6.94. The number of para-hydroxylation sites is 1. The molecule has 1 aromatic carbocycles. The highest BCUT2D eigenvalue weighted by Gasteiger charge is 2.18. The normalized spacial score (nSPS) is 13.6. The molecule has 0 aliphatic rings. The smallest absolute Gasteiger partial charge is 0.0378 e. The standard InChI is InChI=1S/C17H30N2/c1-13(2)14(11-18-6)12-19-16-10-8-7-9-15(16)17(3,4)5/h7-10,13-14,18-19H,11-12H2,1-6H3. The third kappa shape index (κ3) is 4.87. The van der Waals surface area contributed by atoms with Crippen LogP contribution in [0.4, 0.5) is 5.69 Å². The highest BCUT2D eigenvalue weighted by molar-refractivity contribution is 5.54. The quantitative estimate of drug-likeness (QED) is 0.813. The fourth-order valence-corrected chi connectivity index (χ4v) is 2.34. The number of anilines is 1. The highest BCUT2D eigenvalue weighted by Crippen LogP contribution is 2.29. The van der Waals surface area contributed by atoms with Gasteiger partial charge in [-0.1, -0.05) is 52.8 Å². The van der Waals surface area contributed by atoms with E-state index in [0.717, 1.165) is 13.1 Å². The van der Waals surface area contributed by atoms with Crippen molar-refractivity contribution in [3.05, 3.63) is 29.8 Å². The molecule has 0 saturated carbocycles. The molecule has 0 aliphatic heterocycles. The Morgan fingerprint density at radius 3 is 2.21 bits per heavy atom. The molecule has 0 heterocycles. The molecule has 0 amide bonds. The molecule has 0 aliphatic carbocycles. The zero-order valence-corrected chi connectivity index (χ0v) is 13.4. The van der Waals surface area contributed by atoms with Crippen LogP contribution in [0.3, 0.4) is 0 Å². The number of hydrogen-bond acceptors (Lipinski definition) is 2. The largest absolute Gasteiger partial charge is 0.384 e. The first kappa shape index (κ1) is 16.0. The van der Waals surface area contributed by atoms with Crippen LogP contribution in [0.15, 0.2) is 24.3 Å². The van der Waals surface area contributed by atoms with Gasteiger partial charge < -0.3 is 10.6 Å². The first-order chi connectivity index (χ1) is 8.86. The summed E-state index contributed by atoms with van der Waals surface area (Å²) in [6, 6.07) is 8.65. The van der Waals surface area contributed by atoms with Gasteiger partial charge in [-0.15, -0.1) is 0 Å². The van der Waals surface area contributed by atoms with E-state index in [2.05, 4.69) is 69.5 Å². The van der Waals surface area contributed by atoms with Crippen LogP contribution in [0, 0.1) is 11.8 Å². The van der Waals surface area contributed by atoms with Crippen LogP contribution in [0.1, 0.15) is 40.2 Å². The zero-order valence-electron chi connectivity index (χ0n) is 13.4. The van der Waals surface area contributed by atoms with E-state index in [1.807, 2.05) is 7.05 Å². The van der Waals surface area contributed by atoms with Crippen LogP contribution in [-0.4, -0.2) is 20.1 Å². The number of nitrogens with one attached hydrogen (secondary N) is 2. The monoisotopic (exact) mass is 262 g/mol. The van der Waals surface area contributed by atoms with Crippen LogP contribution in [-0.2, 0) is 5.41 Å². The van der Waals surface area contributed by atoms with Crippen molar-refractivity contribution >= 4 is 5.69 Å². The summed E-state index contributed by atoms with van der Waals surface area (Å²) in [6.45, 7) is 13.5. The molecule has 19 heavy (non-hydrogen) atoms. The van der Waals surface area contributed by atoms with E-state index in [4.69, 9.17) is 0 Å². The molecule has 1 atom stereocenters. The minimum Gasteiger partial charge on any atom is -0.384 e. The van der Waals surface area contributed by atoms with Crippen molar-refractivity contribution in [1.29, 1.82) is 0 Å². The summed E-state index contributed by atoms with van der Waals surface area (Å²) in [5.74, 6) is 1.33. The van der Waals surface area contributed by atoms with E-state index < -0.39 is 0 Å². The predicted molar refractivity (Wildman–Crippen MR) is 85.9 cm³/mol. The van der Waals surface area contributed by atoms with Gasteiger partial charge in [-0.25, -0.2) is 0 Å². The lowest BCUT2D eigenvalue weighted by Gasteiger charge is -2.26. The van der Waals surface area contributed by atoms with Crippen LogP contribution in [0.2, 0.25) is 0 Å². The Hall–Kier alpha value is -1.02. The second kappa shape index (κ2) is 6.95. The first-order valence-corrected chi connectivity index (χ1v) is 7.34. The van der Waals surface area contributed by atoms with Gasteiger partial charge in [0.1, 0.15) is 0 Å². The fraction of sp³-hybridized carbons (Fsp3) is 0.647. The number of rotatable bonds is 6. The maximum Gasteiger partial charge on any atom is 0.0378 e. The third-order valence-corrected chi connectivity index (χ3v) is 3.70. The molecule has 108 valence electrons. The molecular weight excluding hydrogens is 232 g/mol. The van der Waals surface area contributed by atoms with Crippen molar-refractivity contribution < 1.29 is 0 Å². The Bertz CT molecular complexity index is 377. The highest BCUT2D eigenvalue weighted by atomic mass is 14.9. The molecule has 0 spiro atoms. The molecule has 0 radical (unpaired) electrons. The number of hydrogen-bond donors (Lipinski definition) is 2. The molecule has 2 N–H and O–H groups in total. The van der Waals surface area contributed by atoms with Crippen LogP contribution < -0.4 is 10.6 Å². The van der Waals surface area contributed by atoms with E-state index >= 15 is 0 Å². The van der Waals surface area contributed by atoms with Gasteiger partial charge in [-0.05, 0) is 42.5 Å². The zero-order chi connectivity index (χ0) is 14.5. The summed E-state index contributed by atoms with van der Waals surface area (Å²) >= 11 is 0. The minimum atomic E-state index is 0.180. The molecule has 0 bridgehead atoms. The fourth-order valence-electron chi connectivity index (χ4n) is 2.34. The van der Waals surface area contributed by atoms with Gasteiger partial charge in [0, 0.05) is 12.2 Å². The summed E-state index contributed by atoms with van der Waals surface area (Å²) < 4.78 is 0. The Balaban J connectivity index is 2.77. The predicted octanol–water partition coefficient (Wildman–Crippen LogP) is 3.89. The maximum atomic E-state index is 3.65. The number of benzene rings is 1. The third-order valence-electron chi connectivity index (χ3n) is 3.70. The van der Waals surface area contributed by atoms with E-state index in [1.165, 1.54) is 11.3 Å². The first-order valence-electron chi connectivity index (χ1n) is 7.34. The van der Waals surface area contributed by atoms with Crippen molar-refractivity contribution in [2.75, 3.05) is 25.5 Å². The van der Waals surface area contributed by atoms with Gasteiger partial charge in [0.05, 0.1) is 0 Å². The second-order valence-corrected chi connectivity index (χ2v) is 6.74. The molecule has 1 rings (SSSR count). The topological polar surface area (TPSA) is 24.1 Å². The summed E-state index contributed by atoms with van der Waals surface area (Å²) in [5.41, 5.74) is 2.85. The Morgan fingerprint density at radius 2 is 1.68 bits per heavy atom. The van der Waals surface area contributed by atoms with Gasteiger partial charge in [0.2, 0.25) is 0 Å². The SMILES string of the molecule is CNCC(CNc1ccccc1C(C)(C)C)C(C)C. The average Bonchev–Trinajstić information content (AvgIpc) is 2.33. The lowest BCUT2D eigenvalue weighted by Crippen LogP contribution is -2.30. The minimum absolute atomic E-state index is 0.180. The summed E-state index contributed by atoms with van der Waals surface area (Å²) in [4.78, 5) is 0. The lowest BCUT2D eigenvalue weighted by atomic mass is 9.85.